The molecule has 90 valence electrons. The zero-order valence-corrected chi connectivity index (χ0v) is 9.70. The number of nitrogens with one attached hydrogen (secondary N) is 2. The summed E-state index contributed by atoms with van der Waals surface area (Å²) in [6.07, 6.45) is 0.361. The van der Waals surface area contributed by atoms with Gasteiger partial charge in [-0.1, -0.05) is 0 Å². The van der Waals surface area contributed by atoms with E-state index in [9.17, 15) is 4.79 Å². The van der Waals surface area contributed by atoms with Gasteiger partial charge in [0.15, 0.2) is 0 Å². The van der Waals surface area contributed by atoms with Gasteiger partial charge in [-0.3, -0.25) is 4.79 Å². The number of carbonyl (C=O) groups is 1. The fourth-order valence-corrected chi connectivity index (χ4v) is 1.47. The molecule has 2 N–H and O–H groups in total. The first kappa shape index (κ1) is 12.9. The van der Waals surface area contributed by atoms with Crippen LogP contribution in [0.1, 0.15) is 6.42 Å². The Morgan fingerprint density at radius 1 is 1.38 bits per heavy atom. The summed E-state index contributed by atoms with van der Waals surface area (Å²) < 4.78 is 0. The highest BCUT2D eigenvalue weighted by Gasteiger charge is 2.13. The van der Waals surface area contributed by atoms with Gasteiger partial charge in [0.1, 0.15) is 0 Å². The van der Waals surface area contributed by atoms with Crippen molar-refractivity contribution >= 4 is 5.91 Å². The average molecular weight is 225 g/mol. The van der Waals surface area contributed by atoms with E-state index in [1.54, 1.807) is 0 Å². The Balaban J connectivity index is 2.05. The highest BCUT2D eigenvalue weighted by atomic mass is 16.2. The second kappa shape index (κ2) is 7.17. The Hall–Kier alpha value is -1.16. The predicted molar refractivity (Wildman–Crippen MR) is 60.3 cm³/mol. The van der Waals surface area contributed by atoms with Gasteiger partial charge in [0, 0.05) is 32.7 Å². The number of rotatable bonds is 5. The van der Waals surface area contributed by atoms with Gasteiger partial charge in [-0.05, 0) is 7.05 Å². The van der Waals surface area contributed by atoms with Crippen LogP contribution in [0.2, 0.25) is 0 Å². The van der Waals surface area contributed by atoms with E-state index in [1.165, 1.54) is 0 Å². The quantitative estimate of drug-likeness (QED) is 0.573. The smallest absolute Gasteiger partial charge is 0.235 e. The molecule has 1 amide bonds. The van der Waals surface area contributed by atoms with Gasteiger partial charge in [0.2, 0.25) is 5.91 Å². The minimum absolute atomic E-state index is 0.0609. The lowest BCUT2D eigenvalue weighted by Crippen LogP contribution is -2.52. The molecular formula is C10H19N5O. The van der Waals surface area contributed by atoms with Gasteiger partial charge in [-0.2, -0.15) is 5.26 Å². The average Bonchev–Trinajstić information content (AvgIpc) is 2.29. The Morgan fingerprint density at radius 2 is 2.06 bits per heavy atom. The van der Waals surface area contributed by atoms with Crippen molar-refractivity contribution in [3.05, 3.63) is 0 Å². The molecule has 0 unspecified atom stereocenters. The summed E-state index contributed by atoms with van der Waals surface area (Å²) >= 11 is 0. The Labute approximate surface area is 96.2 Å². The summed E-state index contributed by atoms with van der Waals surface area (Å²) in [7, 11) is 2.09. The maximum absolute atomic E-state index is 11.3. The first-order valence-electron chi connectivity index (χ1n) is 5.53. The number of likely N-dealkylation sites (N-methyl/N-ethyl adjacent to an activating group) is 1. The molecule has 1 rings (SSSR count). The lowest BCUT2D eigenvalue weighted by atomic mass is 10.4. The third kappa shape index (κ3) is 5.07. The van der Waals surface area contributed by atoms with Crippen LogP contribution in [0.15, 0.2) is 0 Å². The van der Waals surface area contributed by atoms with E-state index >= 15 is 0 Å². The summed E-state index contributed by atoms with van der Waals surface area (Å²) in [5, 5.41) is 13.0. The molecule has 6 heteroatoms. The van der Waals surface area contributed by atoms with Crippen LogP contribution in [0.3, 0.4) is 0 Å². The second-order valence-electron chi connectivity index (χ2n) is 3.88. The molecule has 1 aliphatic heterocycles. The number of carbonyl (C=O) groups excluding carboxylic acids is 1. The number of piperazine rings is 1. The molecule has 0 aromatic carbocycles. The Bertz CT molecular complexity index is 254. The largest absolute Gasteiger partial charge is 0.354 e. The first-order chi connectivity index (χ1) is 7.72. The van der Waals surface area contributed by atoms with Crippen LogP contribution in [-0.4, -0.2) is 62.1 Å². The molecule has 0 atom stereocenters. The summed E-state index contributed by atoms with van der Waals surface area (Å²) in [4.78, 5) is 13.6. The highest BCUT2D eigenvalue weighted by molar-refractivity contribution is 5.77. The molecule has 1 heterocycles. The molecular weight excluding hydrogens is 206 g/mol. The van der Waals surface area contributed by atoms with E-state index < -0.39 is 0 Å². The Kier molecular flexibility index (Phi) is 5.78. The van der Waals surface area contributed by atoms with Crippen LogP contribution in [-0.2, 0) is 4.79 Å². The minimum atomic E-state index is -0.0609. The molecule has 0 aromatic heterocycles. The number of nitriles is 1. The number of nitrogens with zero attached hydrogens (tertiary/aromatic N) is 3. The molecule has 0 bridgehead atoms. The molecule has 0 spiro atoms. The maximum Gasteiger partial charge on any atom is 0.235 e. The standard InChI is InChI=1S/C10H19N5O/c1-14-5-7-15(8-6-14)13-9-10(16)12-4-2-3-11/h13H,2,4-9H2,1H3,(H,12,16). The van der Waals surface area contributed by atoms with E-state index in [1.807, 2.05) is 6.07 Å². The maximum atomic E-state index is 11.3. The van der Waals surface area contributed by atoms with Crippen LogP contribution in [0, 0.1) is 11.3 Å². The minimum Gasteiger partial charge on any atom is -0.354 e. The summed E-state index contributed by atoms with van der Waals surface area (Å²) in [5.41, 5.74) is 3.08. The monoisotopic (exact) mass is 225 g/mol. The van der Waals surface area contributed by atoms with Crippen LogP contribution < -0.4 is 10.7 Å². The molecule has 0 aromatic rings. The lowest BCUT2D eigenvalue weighted by Gasteiger charge is -2.32. The van der Waals surface area contributed by atoms with Crippen molar-refractivity contribution in [3.8, 4) is 6.07 Å². The molecule has 0 saturated carbocycles. The molecule has 1 saturated heterocycles. The number of hydrazine groups is 1. The summed E-state index contributed by atoms with van der Waals surface area (Å²) in [6.45, 7) is 4.62. The van der Waals surface area contributed by atoms with E-state index in [4.69, 9.17) is 5.26 Å². The van der Waals surface area contributed by atoms with Crippen molar-refractivity contribution < 1.29 is 4.79 Å². The van der Waals surface area contributed by atoms with Gasteiger partial charge >= 0.3 is 0 Å². The molecule has 1 aliphatic rings. The normalized spacial score (nSPS) is 18.0. The van der Waals surface area contributed by atoms with Crippen molar-refractivity contribution in [1.29, 1.82) is 5.26 Å². The van der Waals surface area contributed by atoms with Gasteiger partial charge in [-0.15, -0.1) is 0 Å². The van der Waals surface area contributed by atoms with Crippen molar-refractivity contribution in [2.45, 2.75) is 6.42 Å². The van der Waals surface area contributed by atoms with E-state index in [0.29, 0.717) is 13.0 Å². The zero-order chi connectivity index (χ0) is 11.8. The topological polar surface area (TPSA) is 71.4 Å². The van der Waals surface area contributed by atoms with Crippen LogP contribution in [0.25, 0.3) is 0 Å². The third-order valence-corrected chi connectivity index (χ3v) is 2.53. The van der Waals surface area contributed by atoms with Crippen LogP contribution >= 0.6 is 0 Å². The van der Waals surface area contributed by atoms with Gasteiger partial charge in [0.25, 0.3) is 0 Å². The summed E-state index contributed by atoms with van der Waals surface area (Å²) in [5.74, 6) is -0.0609. The van der Waals surface area contributed by atoms with Crippen LogP contribution in [0.5, 0.6) is 0 Å². The van der Waals surface area contributed by atoms with Crippen LogP contribution in [0.4, 0.5) is 0 Å². The second-order valence-corrected chi connectivity index (χ2v) is 3.88. The first-order valence-corrected chi connectivity index (χ1v) is 5.53. The molecule has 1 fully saturated rings. The number of hydrogen-bond donors (Lipinski definition) is 2. The predicted octanol–water partition coefficient (Wildman–Crippen LogP) is -1.23. The van der Waals surface area contributed by atoms with Gasteiger partial charge in [0.05, 0.1) is 19.0 Å². The van der Waals surface area contributed by atoms with Crippen molar-refractivity contribution in [1.82, 2.24) is 20.7 Å². The Morgan fingerprint density at radius 3 is 2.69 bits per heavy atom. The molecule has 6 nitrogen and oxygen atoms in total. The van der Waals surface area contributed by atoms with E-state index in [-0.39, 0.29) is 12.5 Å². The van der Waals surface area contributed by atoms with E-state index in [2.05, 4.69) is 27.7 Å². The fraction of sp³-hybridized carbons (Fsp3) is 0.800. The van der Waals surface area contributed by atoms with Gasteiger partial charge in [-0.25, -0.2) is 10.4 Å². The number of hydrogen-bond acceptors (Lipinski definition) is 5. The van der Waals surface area contributed by atoms with E-state index in [0.717, 1.165) is 26.2 Å². The molecule has 16 heavy (non-hydrogen) atoms. The van der Waals surface area contributed by atoms with Crippen molar-refractivity contribution in [2.75, 3.05) is 46.3 Å². The summed E-state index contributed by atoms with van der Waals surface area (Å²) in [6, 6.07) is 1.98. The highest BCUT2D eigenvalue weighted by Crippen LogP contribution is 1.94. The SMILES string of the molecule is CN1CCN(NCC(=O)NCCC#N)CC1. The lowest BCUT2D eigenvalue weighted by molar-refractivity contribution is -0.121. The fourth-order valence-electron chi connectivity index (χ4n) is 1.47. The third-order valence-electron chi connectivity index (χ3n) is 2.53. The van der Waals surface area contributed by atoms with Gasteiger partial charge < -0.3 is 10.2 Å². The van der Waals surface area contributed by atoms with Crippen molar-refractivity contribution in [2.24, 2.45) is 0 Å². The number of amides is 1. The zero-order valence-electron chi connectivity index (χ0n) is 9.70. The molecule has 0 radical (unpaired) electrons. The molecule has 0 aliphatic carbocycles. The van der Waals surface area contributed by atoms with Crippen molar-refractivity contribution in [3.63, 3.8) is 0 Å².